The van der Waals surface area contributed by atoms with E-state index in [1.165, 1.54) is 0 Å². The van der Waals surface area contributed by atoms with Crippen LogP contribution in [-0.4, -0.2) is 37.4 Å². The highest BCUT2D eigenvalue weighted by Crippen LogP contribution is 2.35. The summed E-state index contributed by atoms with van der Waals surface area (Å²) in [5.74, 6) is -1.16. The summed E-state index contributed by atoms with van der Waals surface area (Å²) in [5.41, 5.74) is 0.460. The summed E-state index contributed by atoms with van der Waals surface area (Å²) >= 11 is 0. The maximum atomic E-state index is 11.7. The maximum Gasteiger partial charge on any atom is 0.337 e. The number of carbonyl (C=O) groups excluding carboxylic acids is 2. The number of carbonyl (C=O) groups is 2. The summed E-state index contributed by atoms with van der Waals surface area (Å²) in [6.45, 7) is 4.80. The number of hydrogen-bond donors (Lipinski definition) is 0. The summed E-state index contributed by atoms with van der Waals surface area (Å²) in [4.78, 5) is 23.5. The average molecular weight is 268 g/mol. The third kappa shape index (κ3) is 2.97. The van der Waals surface area contributed by atoms with E-state index >= 15 is 0 Å². The Kier molecular flexibility index (Phi) is 4.58. The predicted octanol–water partition coefficient (Wildman–Crippen LogP) is 1.61. The zero-order valence-corrected chi connectivity index (χ0v) is 11.4. The molecule has 0 aromatic carbocycles. The highest BCUT2D eigenvalue weighted by molar-refractivity contribution is 5.93. The molecule has 0 amide bonds. The second kappa shape index (κ2) is 6.19. The van der Waals surface area contributed by atoms with Gasteiger partial charge in [-0.05, 0) is 13.3 Å². The first-order chi connectivity index (χ1) is 9.17. The van der Waals surface area contributed by atoms with Gasteiger partial charge in [0.05, 0.1) is 18.3 Å². The van der Waals surface area contributed by atoms with Crippen molar-refractivity contribution in [3.8, 4) is 0 Å². The summed E-state index contributed by atoms with van der Waals surface area (Å²) in [6.07, 6.45) is 3.55. The van der Waals surface area contributed by atoms with E-state index in [0.717, 1.165) is 12.8 Å². The highest BCUT2D eigenvalue weighted by atomic mass is 16.6. The molecule has 5 nitrogen and oxygen atoms in total. The summed E-state index contributed by atoms with van der Waals surface area (Å²) in [5, 5.41) is 0. The Morgan fingerprint density at radius 3 is 2.89 bits per heavy atom. The molecule has 1 saturated heterocycles. The fourth-order valence-corrected chi connectivity index (χ4v) is 2.41. The zero-order chi connectivity index (χ0) is 13.8. The number of esters is 2. The third-order valence-corrected chi connectivity index (χ3v) is 3.42. The van der Waals surface area contributed by atoms with Gasteiger partial charge in [-0.15, -0.1) is 0 Å². The van der Waals surface area contributed by atoms with Crippen molar-refractivity contribution < 1.29 is 23.8 Å². The lowest BCUT2D eigenvalue weighted by Gasteiger charge is -2.39. The van der Waals surface area contributed by atoms with E-state index in [1.54, 1.807) is 13.0 Å². The van der Waals surface area contributed by atoms with E-state index in [4.69, 9.17) is 14.2 Å². The van der Waals surface area contributed by atoms with Crippen LogP contribution in [0.1, 0.15) is 33.1 Å². The Morgan fingerprint density at radius 2 is 2.26 bits per heavy atom. The molecule has 0 aromatic rings. The summed E-state index contributed by atoms with van der Waals surface area (Å²) in [7, 11) is 0. The van der Waals surface area contributed by atoms with Crippen LogP contribution in [0.25, 0.3) is 0 Å². The van der Waals surface area contributed by atoms with E-state index in [9.17, 15) is 9.59 Å². The molecule has 0 radical (unpaired) electrons. The molecule has 1 fully saturated rings. The molecular weight excluding hydrogens is 248 g/mol. The number of hydrogen-bond acceptors (Lipinski definition) is 5. The van der Waals surface area contributed by atoms with Crippen molar-refractivity contribution in [1.29, 1.82) is 0 Å². The lowest BCUT2D eigenvalue weighted by molar-refractivity contribution is -0.172. The smallest absolute Gasteiger partial charge is 0.337 e. The van der Waals surface area contributed by atoms with Crippen LogP contribution in [0.2, 0.25) is 0 Å². The predicted molar refractivity (Wildman–Crippen MR) is 67.4 cm³/mol. The van der Waals surface area contributed by atoms with Crippen molar-refractivity contribution in [2.75, 3.05) is 13.2 Å². The van der Waals surface area contributed by atoms with Gasteiger partial charge in [0.2, 0.25) is 0 Å². The maximum absolute atomic E-state index is 11.7. The van der Waals surface area contributed by atoms with Crippen LogP contribution >= 0.6 is 0 Å². The molecule has 5 heteroatoms. The fraction of sp³-hybridized carbons (Fsp3) is 0.714. The van der Waals surface area contributed by atoms with Gasteiger partial charge in [-0.3, -0.25) is 4.79 Å². The first-order valence-electron chi connectivity index (χ1n) is 6.88. The Hall–Kier alpha value is -1.36. The van der Waals surface area contributed by atoms with Gasteiger partial charge in [0.1, 0.15) is 12.0 Å². The van der Waals surface area contributed by atoms with Gasteiger partial charge < -0.3 is 14.2 Å². The van der Waals surface area contributed by atoms with Gasteiger partial charge in [-0.25, -0.2) is 4.79 Å². The number of ether oxygens (including phenoxy) is 3. The molecule has 3 rings (SSSR count). The van der Waals surface area contributed by atoms with Crippen LogP contribution in [0.15, 0.2) is 11.6 Å². The minimum atomic E-state index is -0.511. The molecule has 0 spiro atoms. The van der Waals surface area contributed by atoms with Crippen molar-refractivity contribution in [1.82, 2.24) is 0 Å². The van der Waals surface area contributed by atoms with E-state index < -0.39 is 18.0 Å². The van der Waals surface area contributed by atoms with Crippen LogP contribution < -0.4 is 0 Å². The van der Waals surface area contributed by atoms with Crippen LogP contribution in [0.4, 0.5) is 0 Å². The van der Waals surface area contributed by atoms with E-state index in [1.807, 2.05) is 0 Å². The largest absolute Gasteiger partial charge is 0.463 e. The van der Waals surface area contributed by atoms with Gasteiger partial charge in [0.25, 0.3) is 0 Å². The van der Waals surface area contributed by atoms with Gasteiger partial charge in [0.15, 0.2) is 0 Å². The van der Waals surface area contributed by atoms with Gasteiger partial charge in [-0.1, -0.05) is 19.4 Å². The molecule has 3 atom stereocenters. The first kappa shape index (κ1) is 14.1. The molecule has 106 valence electrons. The Bertz CT molecular complexity index is 387. The van der Waals surface area contributed by atoms with Crippen molar-refractivity contribution in [2.24, 2.45) is 5.92 Å². The molecule has 19 heavy (non-hydrogen) atoms. The number of fused-ring (bicyclic) bond motifs is 2. The standard InChI is InChI=1S/C14H20O5/c1-3-5-6-18-11-8-12-10(13(15)17-4-2)7-9(11)14(16)19-12/h7,9,11-12H,3-6,8H2,1-2H3/t9-,11+,12-/m1/s1. The Balaban J connectivity index is 2.04. The normalized spacial score (nSPS) is 28.8. The van der Waals surface area contributed by atoms with Gasteiger partial charge >= 0.3 is 11.9 Å². The lowest BCUT2D eigenvalue weighted by atomic mass is 9.82. The molecular formula is C14H20O5. The van der Waals surface area contributed by atoms with Crippen LogP contribution in [0.3, 0.4) is 0 Å². The van der Waals surface area contributed by atoms with Gasteiger partial charge in [-0.2, -0.15) is 0 Å². The molecule has 0 aromatic heterocycles. The number of unbranched alkanes of at least 4 members (excludes halogenated alkanes) is 1. The minimum Gasteiger partial charge on any atom is -0.463 e. The highest BCUT2D eigenvalue weighted by Gasteiger charge is 2.46. The monoisotopic (exact) mass is 268 g/mol. The van der Waals surface area contributed by atoms with Crippen molar-refractivity contribution in [3.05, 3.63) is 11.6 Å². The van der Waals surface area contributed by atoms with E-state index in [2.05, 4.69) is 6.92 Å². The topological polar surface area (TPSA) is 61.8 Å². The first-order valence-corrected chi connectivity index (χ1v) is 6.88. The van der Waals surface area contributed by atoms with Crippen molar-refractivity contribution in [3.63, 3.8) is 0 Å². The van der Waals surface area contributed by atoms with Gasteiger partial charge in [0, 0.05) is 13.0 Å². The quantitative estimate of drug-likeness (QED) is 0.541. The Labute approximate surface area is 112 Å². The minimum absolute atomic E-state index is 0.170. The summed E-state index contributed by atoms with van der Waals surface area (Å²) in [6, 6.07) is 0. The van der Waals surface area contributed by atoms with E-state index in [-0.39, 0.29) is 12.1 Å². The molecule has 0 unspecified atom stereocenters. The lowest BCUT2D eigenvalue weighted by Crippen LogP contribution is -2.48. The SMILES string of the molecule is CCCCO[C@H]1C[C@H]2OC(=O)[C@@H]1C=C2C(=O)OCC. The molecule has 0 N–H and O–H groups in total. The second-order valence-electron chi connectivity index (χ2n) is 4.79. The molecule has 2 bridgehead atoms. The Morgan fingerprint density at radius 1 is 1.47 bits per heavy atom. The van der Waals surface area contributed by atoms with Crippen molar-refractivity contribution in [2.45, 2.75) is 45.3 Å². The van der Waals surface area contributed by atoms with Crippen LogP contribution in [-0.2, 0) is 23.8 Å². The fourth-order valence-electron chi connectivity index (χ4n) is 2.41. The average Bonchev–Trinajstić information content (AvgIpc) is 2.39. The summed E-state index contributed by atoms with van der Waals surface area (Å²) < 4.78 is 15.9. The molecule has 0 saturated carbocycles. The second-order valence-corrected chi connectivity index (χ2v) is 4.79. The van der Waals surface area contributed by atoms with Crippen LogP contribution in [0.5, 0.6) is 0 Å². The van der Waals surface area contributed by atoms with Crippen LogP contribution in [0, 0.1) is 5.92 Å². The third-order valence-electron chi connectivity index (χ3n) is 3.42. The molecule has 1 aliphatic carbocycles. The molecule has 3 aliphatic rings. The van der Waals surface area contributed by atoms with Crippen molar-refractivity contribution >= 4 is 11.9 Å². The zero-order valence-electron chi connectivity index (χ0n) is 11.4. The number of rotatable bonds is 6. The molecule has 2 aliphatic heterocycles. The molecule has 2 heterocycles. The van der Waals surface area contributed by atoms with E-state index in [0.29, 0.717) is 25.2 Å².